The molecule has 0 aliphatic carbocycles. The van der Waals surface area contributed by atoms with Crippen LogP contribution in [0.3, 0.4) is 0 Å². The predicted molar refractivity (Wildman–Crippen MR) is 96.3 cm³/mol. The Hall–Kier alpha value is -2.51. The van der Waals surface area contributed by atoms with Crippen LogP contribution in [0.1, 0.15) is 22.8 Å². The molecule has 0 aliphatic rings. The Bertz CT molecular complexity index is 1020. The van der Waals surface area contributed by atoms with E-state index in [2.05, 4.69) is 37.8 Å². The summed E-state index contributed by atoms with van der Waals surface area (Å²) in [5.74, 6) is 2.85. The monoisotopic (exact) mass is 354 g/mol. The molecule has 4 rings (SSSR count). The molecule has 0 saturated heterocycles. The Balaban J connectivity index is 1.48. The van der Waals surface area contributed by atoms with Crippen LogP contribution in [-0.4, -0.2) is 25.7 Å². The van der Waals surface area contributed by atoms with E-state index in [0.717, 1.165) is 34.8 Å². The lowest BCUT2D eigenvalue weighted by Crippen LogP contribution is -2.18. The van der Waals surface area contributed by atoms with Gasteiger partial charge in [-0.1, -0.05) is 6.07 Å². The van der Waals surface area contributed by atoms with Crippen molar-refractivity contribution in [1.29, 1.82) is 0 Å². The maximum atomic E-state index is 5.76. The highest BCUT2D eigenvalue weighted by atomic mass is 32.1. The second-order valence-corrected chi connectivity index (χ2v) is 6.72. The van der Waals surface area contributed by atoms with Crippen molar-refractivity contribution >= 4 is 22.8 Å². The van der Waals surface area contributed by atoms with E-state index in [1.165, 1.54) is 17.3 Å². The number of oxazole rings is 1. The van der Waals surface area contributed by atoms with Crippen molar-refractivity contribution < 1.29 is 8.83 Å². The van der Waals surface area contributed by atoms with Crippen molar-refractivity contribution in [3.8, 4) is 11.7 Å². The van der Waals surface area contributed by atoms with Crippen LogP contribution in [0.5, 0.6) is 0 Å². The molecule has 1 aromatic carbocycles. The zero-order valence-corrected chi connectivity index (χ0v) is 15.1. The minimum absolute atomic E-state index is 0.531. The van der Waals surface area contributed by atoms with Crippen LogP contribution in [-0.2, 0) is 13.1 Å². The van der Waals surface area contributed by atoms with Crippen molar-refractivity contribution in [2.24, 2.45) is 0 Å². The first-order valence-electron chi connectivity index (χ1n) is 8.01. The molecule has 0 saturated carbocycles. The molecule has 0 fully saturated rings. The van der Waals surface area contributed by atoms with Crippen molar-refractivity contribution in [1.82, 2.24) is 18.6 Å². The van der Waals surface area contributed by atoms with Gasteiger partial charge in [-0.25, -0.2) is 4.98 Å². The number of hydrogen-bond acceptors (Lipinski definition) is 7. The van der Waals surface area contributed by atoms with Gasteiger partial charge in [-0.2, -0.15) is 8.75 Å². The van der Waals surface area contributed by atoms with Gasteiger partial charge in [-0.15, -0.1) is 0 Å². The highest BCUT2D eigenvalue weighted by Crippen LogP contribution is 2.24. The molecule has 6 nitrogen and oxygen atoms in total. The molecule has 3 heterocycles. The molecule has 0 atom stereocenters. The molecule has 0 unspecified atom stereocenters. The number of aryl methyl sites for hydroxylation is 2. The first kappa shape index (κ1) is 16.0. The standard InChI is InChI=1S/C18H18N4O2S/c1-11-4-7-17(23-11)18-19-16(12(2)24-18)10-22(3)9-13-5-6-14-15(8-13)21-25-20-14/h4-8H,9-10H2,1-3H3. The Kier molecular flexibility index (Phi) is 4.10. The average Bonchev–Trinajstić information content (AvgIpc) is 3.28. The van der Waals surface area contributed by atoms with Gasteiger partial charge < -0.3 is 8.83 Å². The average molecular weight is 354 g/mol. The summed E-state index contributed by atoms with van der Waals surface area (Å²) in [4.78, 5) is 6.79. The summed E-state index contributed by atoms with van der Waals surface area (Å²) in [5, 5.41) is 0. The molecule has 7 heteroatoms. The first-order chi connectivity index (χ1) is 12.1. The summed E-state index contributed by atoms with van der Waals surface area (Å²) in [6.45, 7) is 5.34. The number of hydrogen-bond donors (Lipinski definition) is 0. The zero-order valence-electron chi connectivity index (χ0n) is 14.3. The molecule has 3 aromatic heterocycles. The van der Waals surface area contributed by atoms with Gasteiger partial charge in [0, 0.05) is 13.1 Å². The van der Waals surface area contributed by atoms with E-state index in [-0.39, 0.29) is 0 Å². The second kappa shape index (κ2) is 6.42. The number of furan rings is 1. The highest BCUT2D eigenvalue weighted by Gasteiger charge is 2.15. The lowest BCUT2D eigenvalue weighted by Gasteiger charge is -2.15. The van der Waals surface area contributed by atoms with Crippen molar-refractivity contribution in [3.63, 3.8) is 0 Å². The van der Waals surface area contributed by atoms with Gasteiger partial charge in [-0.05, 0) is 50.7 Å². The molecule has 0 N–H and O–H groups in total. The van der Waals surface area contributed by atoms with E-state index < -0.39 is 0 Å². The molecule has 4 aromatic rings. The van der Waals surface area contributed by atoms with Crippen LogP contribution >= 0.6 is 11.7 Å². The Morgan fingerprint density at radius 3 is 2.64 bits per heavy atom. The fraction of sp³-hybridized carbons (Fsp3) is 0.278. The summed E-state index contributed by atoms with van der Waals surface area (Å²) < 4.78 is 19.9. The maximum absolute atomic E-state index is 5.76. The number of benzene rings is 1. The summed E-state index contributed by atoms with van der Waals surface area (Å²) in [5.41, 5.74) is 4.01. The number of nitrogens with zero attached hydrogens (tertiary/aromatic N) is 4. The largest absolute Gasteiger partial charge is 0.456 e. The molecular weight excluding hydrogens is 336 g/mol. The molecule has 0 spiro atoms. The smallest absolute Gasteiger partial charge is 0.263 e. The zero-order chi connectivity index (χ0) is 17.4. The van der Waals surface area contributed by atoms with Crippen molar-refractivity contribution in [2.75, 3.05) is 7.05 Å². The van der Waals surface area contributed by atoms with E-state index in [1.54, 1.807) is 0 Å². The molecule has 128 valence electrons. The molecule has 0 amide bonds. The van der Waals surface area contributed by atoms with E-state index in [4.69, 9.17) is 8.83 Å². The normalized spacial score (nSPS) is 11.7. The Morgan fingerprint density at radius 2 is 1.84 bits per heavy atom. The SMILES string of the molecule is Cc1ccc(-c2nc(CN(C)Cc3ccc4nsnc4c3)c(C)o2)o1. The summed E-state index contributed by atoms with van der Waals surface area (Å²) >= 11 is 1.24. The first-order valence-corrected chi connectivity index (χ1v) is 8.74. The third-order valence-electron chi connectivity index (χ3n) is 4.03. The number of aromatic nitrogens is 3. The molecular formula is C18H18N4O2S. The second-order valence-electron chi connectivity index (χ2n) is 6.19. The Morgan fingerprint density at radius 1 is 1.00 bits per heavy atom. The fourth-order valence-electron chi connectivity index (χ4n) is 2.78. The summed E-state index contributed by atoms with van der Waals surface area (Å²) in [6.07, 6.45) is 0. The van der Waals surface area contributed by atoms with Gasteiger partial charge >= 0.3 is 0 Å². The molecule has 0 radical (unpaired) electrons. The molecule has 25 heavy (non-hydrogen) atoms. The highest BCUT2D eigenvalue weighted by molar-refractivity contribution is 7.00. The third kappa shape index (κ3) is 3.33. The Labute approximate surface area is 149 Å². The van der Waals surface area contributed by atoms with Crippen LogP contribution < -0.4 is 0 Å². The number of rotatable bonds is 5. The van der Waals surface area contributed by atoms with Crippen LogP contribution in [0.2, 0.25) is 0 Å². The van der Waals surface area contributed by atoms with E-state index in [1.807, 2.05) is 32.0 Å². The molecule has 0 bridgehead atoms. The van der Waals surface area contributed by atoms with Crippen molar-refractivity contribution in [2.45, 2.75) is 26.9 Å². The maximum Gasteiger partial charge on any atom is 0.263 e. The van der Waals surface area contributed by atoms with Crippen LogP contribution in [0, 0.1) is 13.8 Å². The quantitative estimate of drug-likeness (QED) is 0.535. The van der Waals surface area contributed by atoms with Gasteiger partial charge in [0.25, 0.3) is 5.89 Å². The van der Waals surface area contributed by atoms with Gasteiger partial charge in [0.15, 0.2) is 5.76 Å². The van der Waals surface area contributed by atoms with Gasteiger partial charge in [0.2, 0.25) is 0 Å². The third-order valence-corrected chi connectivity index (χ3v) is 4.59. The lowest BCUT2D eigenvalue weighted by atomic mass is 10.2. The predicted octanol–water partition coefficient (Wildman–Crippen LogP) is 4.19. The lowest BCUT2D eigenvalue weighted by molar-refractivity contribution is 0.313. The van der Waals surface area contributed by atoms with Crippen LogP contribution in [0.25, 0.3) is 22.7 Å². The minimum atomic E-state index is 0.531. The summed E-state index contributed by atoms with van der Waals surface area (Å²) in [6, 6.07) is 9.98. The van der Waals surface area contributed by atoms with E-state index >= 15 is 0 Å². The minimum Gasteiger partial charge on any atom is -0.456 e. The topological polar surface area (TPSA) is 68.2 Å². The summed E-state index contributed by atoms with van der Waals surface area (Å²) in [7, 11) is 2.06. The van der Waals surface area contributed by atoms with Gasteiger partial charge in [0.05, 0.1) is 17.4 Å². The fourth-order valence-corrected chi connectivity index (χ4v) is 3.30. The number of fused-ring (bicyclic) bond motifs is 1. The molecule has 0 aliphatic heterocycles. The van der Waals surface area contributed by atoms with Crippen LogP contribution in [0.15, 0.2) is 39.2 Å². The van der Waals surface area contributed by atoms with E-state index in [0.29, 0.717) is 18.2 Å². The van der Waals surface area contributed by atoms with Crippen molar-refractivity contribution in [3.05, 3.63) is 53.1 Å². The van der Waals surface area contributed by atoms with Gasteiger partial charge in [0.1, 0.15) is 22.6 Å². The van der Waals surface area contributed by atoms with Gasteiger partial charge in [-0.3, -0.25) is 4.90 Å². The van der Waals surface area contributed by atoms with E-state index in [9.17, 15) is 0 Å². The van der Waals surface area contributed by atoms with Crippen LogP contribution in [0.4, 0.5) is 0 Å².